The van der Waals surface area contributed by atoms with Crippen molar-refractivity contribution < 1.29 is 12.4 Å². The fraction of sp³-hybridized carbons (Fsp3) is 0.571. The van der Waals surface area contributed by atoms with Crippen LogP contribution in [0, 0.1) is 0 Å². The van der Waals surface area contributed by atoms with Gasteiger partial charge in [-0.15, -0.1) is 0 Å². The van der Waals surface area contributed by atoms with Crippen LogP contribution in [0.1, 0.15) is 42.5 Å². The van der Waals surface area contributed by atoms with Gasteiger partial charge in [0.15, 0.2) is 0 Å². The Bertz CT molecular complexity index is 257. The maximum atomic E-state index is 2.34. The summed E-state index contributed by atoms with van der Waals surface area (Å²) in [6, 6.07) is 10.9. The number of hydrogen-bond acceptors (Lipinski definition) is 0. The standard InChI is InChI=1S/C12H19P.2CH4.ClH.Sn/c1-5-13(12(2,3)4)11-9-7-6-8-10-11;;;;/h6-10H,5H2,1-4H3;2*1H4;1H;/p-1. The van der Waals surface area contributed by atoms with Crippen LogP contribution in [-0.4, -0.2) is 35.2 Å². The van der Waals surface area contributed by atoms with E-state index in [4.69, 9.17) is 0 Å². The van der Waals surface area contributed by atoms with E-state index < -0.39 is 0 Å². The van der Waals surface area contributed by atoms with E-state index in [0.29, 0.717) is 5.16 Å². The molecular weight excluding hydrogens is 353 g/mol. The zero-order valence-electron chi connectivity index (χ0n) is 9.92. The first-order valence-corrected chi connectivity index (χ1v) is 6.41. The normalized spacial score (nSPS) is 10.8. The third-order valence-electron chi connectivity index (χ3n) is 2.19. The van der Waals surface area contributed by atoms with Crippen LogP contribution in [0.2, 0.25) is 0 Å². The van der Waals surface area contributed by atoms with Gasteiger partial charge in [0.05, 0.1) is 0 Å². The quantitative estimate of drug-likeness (QED) is 0.539. The monoisotopic (exact) mass is 381 g/mol. The van der Waals surface area contributed by atoms with Crippen LogP contribution >= 0.6 is 7.92 Å². The van der Waals surface area contributed by atoms with Crippen molar-refractivity contribution in [1.29, 1.82) is 0 Å². The summed E-state index contributed by atoms with van der Waals surface area (Å²) in [6.07, 6.45) is 1.28. The minimum Gasteiger partial charge on any atom is -1.00 e. The molecule has 1 rings (SSSR count). The summed E-state index contributed by atoms with van der Waals surface area (Å²) in [5, 5.41) is 1.97. The van der Waals surface area contributed by atoms with E-state index in [1.165, 1.54) is 11.5 Å². The van der Waals surface area contributed by atoms with Crippen molar-refractivity contribution in [2.24, 2.45) is 0 Å². The van der Waals surface area contributed by atoms with Crippen molar-refractivity contribution >= 4 is 37.1 Å². The van der Waals surface area contributed by atoms with Crippen molar-refractivity contribution in [1.82, 2.24) is 0 Å². The Balaban J connectivity index is -0.000000211. The van der Waals surface area contributed by atoms with Crippen LogP contribution < -0.4 is 17.7 Å². The number of hydrogen-bond donors (Lipinski definition) is 0. The van der Waals surface area contributed by atoms with Crippen LogP contribution in [0.3, 0.4) is 0 Å². The Kier molecular flexibility index (Phi) is 18.3. The second kappa shape index (κ2) is 11.8. The molecule has 1 aromatic carbocycles. The minimum absolute atomic E-state index is 0. The molecule has 1 atom stereocenters. The smallest absolute Gasteiger partial charge is 0 e. The molecule has 0 nitrogen and oxygen atoms in total. The van der Waals surface area contributed by atoms with E-state index in [9.17, 15) is 0 Å². The largest absolute Gasteiger partial charge is 1.00 e. The average molecular weight is 381 g/mol. The third-order valence-corrected chi connectivity index (χ3v) is 5.37. The van der Waals surface area contributed by atoms with Crippen molar-refractivity contribution in [3.63, 3.8) is 0 Å². The van der Waals surface area contributed by atoms with Gasteiger partial charge in [-0.1, -0.05) is 80.8 Å². The molecular formula is C14H27ClPSn-. The average Bonchev–Trinajstić information content (AvgIpc) is 2.05. The van der Waals surface area contributed by atoms with Gasteiger partial charge in [-0.05, 0) is 16.6 Å². The van der Waals surface area contributed by atoms with Gasteiger partial charge in [-0.3, -0.25) is 0 Å². The molecule has 0 spiro atoms. The zero-order chi connectivity index (χ0) is 9.90. The molecule has 17 heavy (non-hydrogen) atoms. The van der Waals surface area contributed by atoms with Crippen molar-refractivity contribution in [2.45, 2.75) is 47.7 Å². The molecule has 0 bridgehead atoms. The Labute approximate surface area is 133 Å². The summed E-state index contributed by atoms with van der Waals surface area (Å²) < 4.78 is 0. The molecule has 0 aliphatic carbocycles. The van der Waals surface area contributed by atoms with E-state index in [1.807, 2.05) is 0 Å². The third kappa shape index (κ3) is 8.45. The van der Waals surface area contributed by atoms with Crippen LogP contribution in [0.25, 0.3) is 0 Å². The predicted octanol–water partition coefficient (Wildman–Crippen LogP) is 1.51. The molecule has 100 valence electrons. The van der Waals surface area contributed by atoms with E-state index in [0.717, 1.165) is 0 Å². The first-order chi connectivity index (χ1) is 6.05. The Hall–Kier alpha value is 0.739. The van der Waals surface area contributed by atoms with E-state index in [-0.39, 0.29) is 59.1 Å². The minimum atomic E-state index is 0. The fourth-order valence-electron chi connectivity index (χ4n) is 1.65. The second-order valence-corrected chi connectivity index (χ2v) is 7.60. The molecule has 0 heterocycles. The van der Waals surface area contributed by atoms with Gasteiger partial charge in [-0.2, -0.15) is 0 Å². The van der Waals surface area contributed by atoms with Crippen LogP contribution in [-0.2, 0) is 0 Å². The Morgan fingerprint density at radius 1 is 1.00 bits per heavy atom. The van der Waals surface area contributed by atoms with Gasteiger partial charge in [0.25, 0.3) is 0 Å². The summed E-state index contributed by atoms with van der Waals surface area (Å²) in [4.78, 5) is 0. The summed E-state index contributed by atoms with van der Waals surface area (Å²) in [5.41, 5.74) is 0. The molecule has 0 aliphatic heterocycles. The molecule has 0 fully saturated rings. The summed E-state index contributed by atoms with van der Waals surface area (Å²) in [7, 11) is 0.00540. The molecule has 0 N–H and O–H groups in total. The van der Waals surface area contributed by atoms with Crippen molar-refractivity contribution in [3.8, 4) is 0 Å². The first kappa shape index (κ1) is 26.3. The first-order valence-electron chi connectivity index (χ1n) is 4.88. The van der Waals surface area contributed by atoms with Crippen molar-refractivity contribution in [2.75, 3.05) is 6.16 Å². The SMILES string of the molecule is C.C.CCP(c1ccccc1)C(C)(C)C.[Cl-].[Sn]. The number of halogens is 1. The molecule has 1 unspecified atom stereocenters. The van der Waals surface area contributed by atoms with E-state index >= 15 is 0 Å². The summed E-state index contributed by atoms with van der Waals surface area (Å²) >= 11 is 0. The molecule has 1 aromatic rings. The van der Waals surface area contributed by atoms with Gasteiger partial charge in [-0.25, -0.2) is 0 Å². The second-order valence-electron chi connectivity index (χ2n) is 4.25. The van der Waals surface area contributed by atoms with Crippen LogP contribution in [0.15, 0.2) is 30.3 Å². The molecule has 0 aromatic heterocycles. The maximum Gasteiger partial charge on any atom is 0 e. The van der Waals surface area contributed by atoms with Gasteiger partial charge in [0.2, 0.25) is 0 Å². The van der Waals surface area contributed by atoms with Crippen molar-refractivity contribution in [3.05, 3.63) is 30.3 Å². The molecule has 0 saturated heterocycles. The molecule has 0 aliphatic rings. The topological polar surface area (TPSA) is 0 Å². The summed E-state index contributed by atoms with van der Waals surface area (Å²) in [5.74, 6) is 0. The Morgan fingerprint density at radius 3 is 1.71 bits per heavy atom. The predicted molar refractivity (Wildman–Crippen MR) is 82.5 cm³/mol. The molecule has 0 saturated carbocycles. The van der Waals surface area contributed by atoms with Gasteiger partial charge < -0.3 is 12.4 Å². The number of benzene rings is 1. The molecule has 0 amide bonds. The fourth-order valence-corrected chi connectivity index (χ4v) is 4.27. The molecule has 3 heteroatoms. The van der Waals surface area contributed by atoms with E-state index in [2.05, 4.69) is 58.0 Å². The maximum absolute atomic E-state index is 2.34. The van der Waals surface area contributed by atoms with Gasteiger partial charge >= 0.3 is 0 Å². The number of rotatable bonds is 2. The molecule has 4 radical (unpaired) electrons. The summed E-state index contributed by atoms with van der Waals surface area (Å²) in [6.45, 7) is 9.32. The van der Waals surface area contributed by atoms with Gasteiger partial charge in [0.1, 0.15) is 0 Å². The van der Waals surface area contributed by atoms with Gasteiger partial charge in [0, 0.05) is 23.9 Å². The van der Waals surface area contributed by atoms with Crippen LogP contribution in [0.5, 0.6) is 0 Å². The van der Waals surface area contributed by atoms with Crippen LogP contribution in [0.4, 0.5) is 0 Å². The zero-order valence-corrected chi connectivity index (χ0v) is 14.4. The van der Waals surface area contributed by atoms with E-state index in [1.54, 1.807) is 0 Å². The Morgan fingerprint density at radius 2 is 1.41 bits per heavy atom.